The standard InChI is InChI=1S/C27H28N4O2/c1-19(32)28-24-12-6-5-10-22(24)23-11-7-13-25-26(23)29-27(33)31(25)21-14-16-30(17-15-21)18-20-8-3-2-4-9-20/h2-13,21H,14-18H2,1H3,(H,28,32)(H,29,33). The van der Waals surface area contributed by atoms with Crippen LogP contribution in [0, 0.1) is 0 Å². The zero-order valence-corrected chi connectivity index (χ0v) is 18.8. The van der Waals surface area contributed by atoms with Crippen molar-refractivity contribution in [1.29, 1.82) is 0 Å². The summed E-state index contributed by atoms with van der Waals surface area (Å²) >= 11 is 0. The fraction of sp³-hybridized carbons (Fsp3) is 0.259. The molecule has 1 aliphatic rings. The molecule has 1 saturated heterocycles. The average Bonchev–Trinajstić information content (AvgIpc) is 3.16. The number of imidazole rings is 1. The zero-order chi connectivity index (χ0) is 22.8. The molecule has 0 saturated carbocycles. The Morgan fingerprint density at radius 1 is 0.939 bits per heavy atom. The Labute approximate surface area is 192 Å². The summed E-state index contributed by atoms with van der Waals surface area (Å²) in [5, 5.41) is 2.90. The molecule has 0 atom stereocenters. The van der Waals surface area contributed by atoms with Crippen molar-refractivity contribution in [3.05, 3.63) is 88.8 Å². The highest BCUT2D eigenvalue weighted by molar-refractivity contribution is 6.00. The molecule has 0 radical (unpaired) electrons. The number of hydrogen-bond donors (Lipinski definition) is 2. The van der Waals surface area contributed by atoms with Crippen LogP contribution in [0.1, 0.15) is 31.4 Å². The number of para-hydroxylation sites is 2. The van der Waals surface area contributed by atoms with E-state index in [0.29, 0.717) is 0 Å². The lowest BCUT2D eigenvalue weighted by atomic mass is 10.0. The van der Waals surface area contributed by atoms with E-state index in [4.69, 9.17) is 0 Å². The van der Waals surface area contributed by atoms with Crippen LogP contribution in [0.4, 0.5) is 5.69 Å². The van der Waals surface area contributed by atoms with Crippen LogP contribution in [0.25, 0.3) is 22.2 Å². The lowest BCUT2D eigenvalue weighted by molar-refractivity contribution is -0.114. The highest BCUT2D eigenvalue weighted by Gasteiger charge is 2.24. The third-order valence-electron chi connectivity index (χ3n) is 6.45. The minimum absolute atomic E-state index is 0.0732. The van der Waals surface area contributed by atoms with Crippen molar-refractivity contribution >= 4 is 22.6 Å². The molecule has 0 aliphatic carbocycles. The summed E-state index contributed by atoms with van der Waals surface area (Å²) < 4.78 is 1.93. The molecule has 1 amide bonds. The topological polar surface area (TPSA) is 70.1 Å². The first kappa shape index (κ1) is 21.2. The molecule has 1 aromatic heterocycles. The molecule has 3 aromatic carbocycles. The van der Waals surface area contributed by atoms with Gasteiger partial charge in [0.05, 0.1) is 11.0 Å². The van der Waals surface area contributed by atoms with Gasteiger partial charge in [-0.25, -0.2) is 4.79 Å². The first-order valence-corrected chi connectivity index (χ1v) is 11.5. The highest BCUT2D eigenvalue weighted by Crippen LogP contribution is 2.34. The fourth-order valence-electron chi connectivity index (χ4n) is 4.93. The van der Waals surface area contributed by atoms with Crippen molar-refractivity contribution in [1.82, 2.24) is 14.5 Å². The first-order valence-electron chi connectivity index (χ1n) is 11.5. The summed E-state index contributed by atoms with van der Waals surface area (Å²) in [5.41, 5.74) is 5.52. The molecule has 1 fully saturated rings. The van der Waals surface area contributed by atoms with Crippen molar-refractivity contribution in [3.8, 4) is 11.1 Å². The molecule has 4 aromatic rings. The number of anilines is 1. The number of nitrogens with one attached hydrogen (secondary N) is 2. The van der Waals surface area contributed by atoms with Crippen molar-refractivity contribution in [2.45, 2.75) is 32.4 Å². The minimum Gasteiger partial charge on any atom is -0.326 e. The quantitative estimate of drug-likeness (QED) is 0.469. The number of H-pyrrole nitrogens is 1. The molecule has 33 heavy (non-hydrogen) atoms. The Kier molecular flexibility index (Phi) is 5.84. The smallest absolute Gasteiger partial charge is 0.326 e. The van der Waals surface area contributed by atoms with E-state index < -0.39 is 0 Å². The lowest BCUT2D eigenvalue weighted by Crippen LogP contribution is -2.36. The van der Waals surface area contributed by atoms with Gasteiger partial charge in [0.25, 0.3) is 0 Å². The molecule has 5 rings (SSSR count). The largest absolute Gasteiger partial charge is 0.326 e. The van der Waals surface area contributed by atoms with Crippen LogP contribution in [0.2, 0.25) is 0 Å². The number of carbonyl (C=O) groups excluding carboxylic acids is 1. The van der Waals surface area contributed by atoms with Gasteiger partial charge in [-0.15, -0.1) is 0 Å². The molecular weight excluding hydrogens is 412 g/mol. The van der Waals surface area contributed by atoms with Crippen LogP contribution in [0.15, 0.2) is 77.6 Å². The summed E-state index contributed by atoms with van der Waals surface area (Å²) in [6.45, 7) is 4.37. The van der Waals surface area contributed by atoms with Gasteiger partial charge in [-0.3, -0.25) is 14.3 Å². The molecule has 2 heterocycles. The summed E-state index contributed by atoms with van der Waals surface area (Å²) in [7, 11) is 0. The number of nitrogens with zero attached hydrogens (tertiary/aromatic N) is 2. The van der Waals surface area contributed by atoms with E-state index in [-0.39, 0.29) is 17.6 Å². The SMILES string of the molecule is CC(=O)Nc1ccccc1-c1cccc2c1[nH]c(=O)n2C1CCN(Cc2ccccc2)CC1. The second-order valence-electron chi connectivity index (χ2n) is 8.72. The molecule has 2 N–H and O–H groups in total. The number of benzene rings is 3. The number of likely N-dealkylation sites (tertiary alicyclic amines) is 1. The number of aromatic nitrogens is 2. The van der Waals surface area contributed by atoms with Gasteiger partial charge in [-0.2, -0.15) is 0 Å². The number of aromatic amines is 1. The Morgan fingerprint density at radius 3 is 2.39 bits per heavy atom. The molecule has 0 unspecified atom stereocenters. The van der Waals surface area contributed by atoms with E-state index in [2.05, 4.69) is 39.5 Å². The van der Waals surface area contributed by atoms with Gasteiger partial charge >= 0.3 is 5.69 Å². The summed E-state index contributed by atoms with van der Waals surface area (Å²) in [5.74, 6) is -0.122. The first-order chi connectivity index (χ1) is 16.1. The molecule has 0 bridgehead atoms. The third-order valence-corrected chi connectivity index (χ3v) is 6.45. The van der Waals surface area contributed by atoms with Gasteiger partial charge in [0, 0.05) is 49.4 Å². The zero-order valence-electron chi connectivity index (χ0n) is 18.8. The van der Waals surface area contributed by atoms with Crippen LogP contribution in [-0.4, -0.2) is 33.4 Å². The molecule has 168 valence electrons. The van der Waals surface area contributed by atoms with Gasteiger partial charge in [-0.1, -0.05) is 60.7 Å². The number of rotatable bonds is 5. The molecular formula is C27H28N4O2. The lowest BCUT2D eigenvalue weighted by Gasteiger charge is -2.32. The van der Waals surface area contributed by atoms with Crippen LogP contribution in [0.3, 0.4) is 0 Å². The second-order valence-corrected chi connectivity index (χ2v) is 8.72. The third kappa shape index (κ3) is 4.34. The fourth-order valence-corrected chi connectivity index (χ4v) is 4.93. The molecule has 6 heteroatoms. The van der Waals surface area contributed by atoms with Crippen molar-refractivity contribution < 1.29 is 4.79 Å². The van der Waals surface area contributed by atoms with E-state index in [0.717, 1.165) is 60.3 Å². The predicted molar refractivity (Wildman–Crippen MR) is 132 cm³/mol. The number of piperidine rings is 1. The Bertz CT molecular complexity index is 1330. The van der Waals surface area contributed by atoms with Crippen molar-refractivity contribution in [2.24, 2.45) is 0 Å². The highest BCUT2D eigenvalue weighted by atomic mass is 16.1. The Hall–Kier alpha value is -3.64. The minimum atomic E-state index is -0.122. The van der Waals surface area contributed by atoms with Gasteiger partial charge in [0.1, 0.15) is 0 Å². The summed E-state index contributed by atoms with van der Waals surface area (Å²) in [6, 6.07) is 24.4. The van der Waals surface area contributed by atoms with Gasteiger partial charge in [0.2, 0.25) is 5.91 Å². The van der Waals surface area contributed by atoms with Crippen LogP contribution in [-0.2, 0) is 11.3 Å². The number of fused-ring (bicyclic) bond motifs is 1. The average molecular weight is 441 g/mol. The normalized spacial score (nSPS) is 15.1. The van der Waals surface area contributed by atoms with Gasteiger partial charge in [0.15, 0.2) is 0 Å². The van der Waals surface area contributed by atoms with E-state index in [1.54, 1.807) is 0 Å². The van der Waals surface area contributed by atoms with Crippen LogP contribution < -0.4 is 11.0 Å². The Morgan fingerprint density at radius 2 is 1.64 bits per heavy atom. The van der Waals surface area contributed by atoms with E-state index >= 15 is 0 Å². The maximum atomic E-state index is 13.1. The molecule has 1 aliphatic heterocycles. The second kappa shape index (κ2) is 9.08. The summed E-state index contributed by atoms with van der Waals surface area (Å²) in [4.78, 5) is 30.3. The predicted octanol–water partition coefficient (Wildman–Crippen LogP) is 4.79. The number of carbonyl (C=O) groups is 1. The van der Waals surface area contributed by atoms with Gasteiger partial charge in [-0.05, 0) is 30.5 Å². The van der Waals surface area contributed by atoms with E-state index in [1.165, 1.54) is 12.5 Å². The monoisotopic (exact) mass is 440 g/mol. The van der Waals surface area contributed by atoms with E-state index in [9.17, 15) is 9.59 Å². The molecule has 6 nitrogen and oxygen atoms in total. The van der Waals surface area contributed by atoms with Gasteiger partial charge < -0.3 is 10.3 Å². The van der Waals surface area contributed by atoms with E-state index in [1.807, 2.05) is 53.1 Å². The van der Waals surface area contributed by atoms with Crippen LogP contribution >= 0.6 is 0 Å². The van der Waals surface area contributed by atoms with Crippen LogP contribution in [0.5, 0.6) is 0 Å². The number of amides is 1. The van der Waals surface area contributed by atoms with Crippen molar-refractivity contribution in [3.63, 3.8) is 0 Å². The van der Waals surface area contributed by atoms with Crippen molar-refractivity contribution in [2.75, 3.05) is 18.4 Å². The number of hydrogen-bond acceptors (Lipinski definition) is 3. The maximum Gasteiger partial charge on any atom is 0.326 e. The molecule has 0 spiro atoms. The summed E-state index contributed by atoms with van der Waals surface area (Å²) in [6.07, 6.45) is 1.87. The maximum absolute atomic E-state index is 13.1. The Balaban J connectivity index is 1.43.